The average molecular weight is 347 g/mol. The van der Waals surface area contributed by atoms with Crippen molar-refractivity contribution in [2.45, 2.75) is 32.7 Å². The van der Waals surface area contributed by atoms with Gasteiger partial charge in [0.25, 0.3) is 0 Å². The van der Waals surface area contributed by atoms with E-state index >= 15 is 0 Å². The largest absolute Gasteiger partial charge is 0.356 e. The summed E-state index contributed by atoms with van der Waals surface area (Å²) in [5, 5.41) is 2.98. The van der Waals surface area contributed by atoms with Crippen molar-refractivity contribution in [2.75, 3.05) is 6.54 Å². The maximum Gasteiger partial charge on any atom is 0.219 e. The second-order valence-electron chi connectivity index (χ2n) is 6.29. The molecule has 0 atom stereocenters. The lowest BCUT2D eigenvalue weighted by Crippen LogP contribution is -2.26. The van der Waals surface area contributed by atoms with Crippen LogP contribution < -0.4 is 5.32 Å². The molecule has 1 aromatic heterocycles. The van der Waals surface area contributed by atoms with Gasteiger partial charge >= 0.3 is 0 Å². The molecule has 0 unspecified atom stereocenters. The van der Waals surface area contributed by atoms with Crippen LogP contribution in [0.5, 0.6) is 0 Å². The molecule has 0 saturated carbocycles. The number of fused-ring (bicyclic) bond motifs is 1. The number of hydrogen-bond acceptors (Lipinski definition) is 2. The molecule has 0 radical (unpaired) electrons. The Bertz CT molecular complexity index is 881. The molecule has 0 fully saturated rings. The first-order valence-electron chi connectivity index (χ1n) is 9.20. The Labute approximate surface area is 154 Å². The van der Waals surface area contributed by atoms with Gasteiger partial charge in [0.15, 0.2) is 0 Å². The van der Waals surface area contributed by atoms with Gasteiger partial charge < -0.3 is 9.88 Å². The summed E-state index contributed by atoms with van der Waals surface area (Å²) in [6.07, 6.45) is 6.46. The number of amides is 1. The van der Waals surface area contributed by atoms with Crippen LogP contribution in [0.15, 0.2) is 60.7 Å². The number of allylic oxidation sites excluding steroid dienone is 1. The van der Waals surface area contributed by atoms with E-state index in [4.69, 9.17) is 4.98 Å². The van der Waals surface area contributed by atoms with Crippen molar-refractivity contribution in [2.24, 2.45) is 0 Å². The molecule has 1 amide bonds. The third-order valence-corrected chi connectivity index (χ3v) is 4.28. The van der Waals surface area contributed by atoms with Gasteiger partial charge in [-0.2, -0.15) is 0 Å². The minimum atomic E-state index is 0.110. The Kier molecular flexibility index (Phi) is 6.20. The Hall–Kier alpha value is -2.88. The molecule has 0 bridgehead atoms. The van der Waals surface area contributed by atoms with Gasteiger partial charge in [0.2, 0.25) is 5.91 Å². The lowest BCUT2D eigenvalue weighted by atomic mass is 10.2. The van der Waals surface area contributed by atoms with Gasteiger partial charge in [0.05, 0.1) is 11.0 Å². The molecule has 0 aliphatic carbocycles. The van der Waals surface area contributed by atoms with Crippen molar-refractivity contribution in [3.63, 3.8) is 0 Å². The standard InChI is InChI=1S/C22H25N3O/c1-2-9-22(26)23-16-15-21-24-19-13-6-7-14-20(19)25(21)17-8-12-18-10-4-3-5-11-18/h3-8,10-14H,2,9,15-17H2,1H3,(H,23,26)/b12-8+. The molecule has 0 saturated heterocycles. The summed E-state index contributed by atoms with van der Waals surface area (Å²) in [7, 11) is 0. The average Bonchev–Trinajstić information content (AvgIpc) is 3.01. The topological polar surface area (TPSA) is 46.9 Å². The predicted molar refractivity (Wildman–Crippen MR) is 107 cm³/mol. The maximum atomic E-state index is 11.7. The molecule has 3 rings (SSSR count). The first kappa shape index (κ1) is 17.9. The second kappa shape index (κ2) is 8.99. The summed E-state index contributed by atoms with van der Waals surface area (Å²) in [4.78, 5) is 16.4. The van der Waals surface area contributed by atoms with E-state index in [1.54, 1.807) is 0 Å². The maximum absolute atomic E-state index is 11.7. The van der Waals surface area contributed by atoms with Crippen molar-refractivity contribution in [1.82, 2.24) is 14.9 Å². The zero-order valence-electron chi connectivity index (χ0n) is 15.2. The van der Waals surface area contributed by atoms with E-state index in [1.165, 1.54) is 5.56 Å². The minimum absolute atomic E-state index is 0.110. The van der Waals surface area contributed by atoms with E-state index in [1.807, 2.05) is 43.3 Å². The predicted octanol–water partition coefficient (Wildman–Crippen LogP) is 4.21. The number of nitrogens with zero attached hydrogens (tertiary/aromatic N) is 2. The van der Waals surface area contributed by atoms with Crippen LogP contribution in [0.1, 0.15) is 31.2 Å². The van der Waals surface area contributed by atoms with E-state index < -0.39 is 0 Å². The number of hydrogen-bond donors (Lipinski definition) is 1. The van der Waals surface area contributed by atoms with Crippen LogP contribution in [-0.2, 0) is 17.8 Å². The summed E-state index contributed by atoms with van der Waals surface area (Å²) in [6.45, 7) is 3.39. The number of aromatic nitrogens is 2. The van der Waals surface area contributed by atoms with Crippen LogP contribution >= 0.6 is 0 Å². The molecule has 1 N–H and O–H groups in total. The molecule has 26 heavy (non-hydrogen) atoms. The molecule has 1 heterocycles. The van der Waals surface area contributed by atoms with Gasteiger partial charge in [0.1, 0.15) is 5.82 Å². The third-order valence-electron chi connectivity index (χ3n) is 4.28. The normalized spacial score (nSPS) is 11.3. The zero-order chi connectivity index (χ0) is 18.2. The zero-order valence-corrected chi connectivity index (χ0v) is 15.2. The Balaban J connectivity index is 1.74. The van der Waals surface area contributed by atoms with E-state index in [0.717, 1.165) is 36.2 Å². The molecule has 134 valence electrons. The SMILES string of the molecule is CCCC(=O)NCCc1nc2ccccc2n1C/C=C/c1ccccc1. The van der Waals surface area contributed by atoms with Crippen LogP contribution in [0.3, 0.4) is 0 Å². The Morgan fingerprint density at radius 2 is 1.88 bits per heavy atom. The number of rotatable bonds is 8. The van der Waals surface area contributed by atoms with Gasteiger partial charge in [-0.1, -0.05) is 61.5 Å². The quantitative estimate of drug-likeness (QED) is 0.663. The molecule has 4 nitrogen and oxygen atoms in total. The fourth-order valence-corrected chi connectivity index (χ4v) is 3.01. The van der Waals surface area contributed by atoms with Crippen molar-refractivity contribution < 1.29 is 4.79 Å². The second-order valence-corrected chi connectivity index (χ2v) is 6.29. The van der Waals surface area contributed by atoms with Crippen molar-refractivity contribution >= 4 is 23.0 Å². The number of nitrogens with one attached hydrogen (secondary N) is 1. The van der Waals surface area contributed by atoms with Gasteiger partial charge in [-0.05, 0) is 24.1 Å². The molecule has 0 aliphatic heterocycles. The molecule has 3 aromatic rings. The first-order chi connectivity index (χ1) is 12.8. The monoisotopic (exact) mass is 347 g/mol. The van der Waals surface area contributed by atoms with Crippen LogP contribution in [0.2, 0.25) is 0 Å². The highest BCUT2D eigenvalue weighted by molar-refractivity contribution is 5.76. The number of benzene rings is 2. The fourth-order valence-electron chi connectivity index (χ4n) is 3.01. The van der Waals surface area contributed by atoms with Gasteiger partial charge in [-0.25, -0.2) is 4.98 Å². The smallest absolute Gasteiger partial charge is 0.219 e. The van der Waals surface area contributed by atoms with Crippen LogP contribution in [0.25, 0.3) is 17.1 Å². The summed E-state index contributed by atoms with van der Waals surface area (Å²) in [6, 6.07) is 18.4. The van der Waals surface area contributed by atoms with Gasteiger partial charge in [-0.3, -0.25) is 4.79 Å². The summed E-state index contributed by atoms with van der Waals surface area (Å²) < 4.78 is 2.22. The van der Waals surface area contributed by atoms with E-state index in [0.29, 0.717) is 13.0 Å². The molecule has 2 aromatic carbocycles. The van der Waals surface area contributed by atoms with Crippen molar-refractivity contribution in [3.8, 4) is 0 Å². The molecular weight excluding hydrogens is 322 g/mol. The summed E-state index contributed by atoms with van der Waals surface area (Å²) >= 11 is 0. The van der Waals surface area contributed by atoms with E-state index in [-0.39, 0.29) is 5.91 Å². The number of carbonyl (C=O) groups excluding carboxylic acids is 1. The highest BCUT2D eigenvalue weighted by atomic mass is 16.1. The Morgan fingerprint density at radius 3 is 2.69 bits per heavy atom. The van der Waals surface area contributed by atoms with Crippen LogP contribution in [0.4, 0.5) is 0 Å². The highest BCUT2D eigenvalue weighted by Crippen LogP contribution is 2.17. The first-order valence-corrected chi connectivity index (χ1v) is 9.20. The summed E-state index contributed by atoms with van der Waals surface area (Å²) in [5.74, 6) is 1.11. The number of carbonyl (C=O) groups is 1. The van der Waals surface area contributed by atoms with E-state index in [2.05, 4.69) is 40.2 Å². The number of imidazole rings is 1. The van der Waals surface area contributed by atoms with Crippen LogP contribution in [-0.4, -0.2) is 22.0 Å². The molecule has 4 heteroatoms. The summed E-state index contributed by atoms with van der Waals surface area (Å²) in [5.41, 5.74) is 3.31. The fraction of sp³-hybridized carbons (Fsp3) is 0.273. The lowest BCUT2D eigenvalue weighted by Gasteiger charge is -2.08. The van der Waals surface area contributed by atoms with Gasteiger partial charge in [-0.15, -0.1) is 0 Å². The lowest BCUT2D eigenvalue weighted by molar-refractivity contribution is -0.121. The third kappa shape index (κ3) is 4.60. The highest BCUT2D eigenvalue weighted by Gasteiger charge is 2.09. The van der Waals surface area contributed by atoms with E-state index in [9.17, 15) is 4.79 Å². The van der Waals surface area contributed by atoms with Crippen LogP contribution in [0, 0.1) is 0 Å². The van der Waals surface area contributed by atoms with Crippen molar-refractivity contribution in [1.29, 1.82) is 0 Å². The minimum Gasteiger partial charge on any atom is -0.356 e. The molecule has 0 spiro atoms. The van der Waals surface area contributed by atoms with Gasteiger partial charge in [0, 0.05) is 25.9 Å². The Morgan fingerprint density at radius 1 is 1.12 bits per heavy atom. The molecule has 0 aliphatic rings. The van der Waals surface area contributed by atoms with Crippen molar-refractivity contribution in [3.05, 3.63) is 72.1 Å². The molecular formula is C22H25N3O. The number of para-hydroxylation sites is 2.